The Morgan fingerprint density at radius 3 is 2.95 bits per heavy atom. The van der Waals surface area contributed by atoms with Crippen molar-refractivity contribution in [2.45, 2.75) is 12.8 Å². The summed E-state index contributed by atoms with van der Waals surface area (Å²) in [6.45, 7) is 3.00. The van der Waals surface area contributed by atoms with Crippen LogP contribution < -0.4 is 11.1 Å². The Hall–Kier alpha value is -0.980. The third-order valence-electron chi connectivity index (χ3n) is 2.72. The molecule has 19 heavy (non-hydrogen) atoms. The number of anilines is 1. The molecule has 0 saturated heterocycles. The van der Waals surface area contributed by atoms with Crippen molar-refractivity contribution >= 4 is 50.2 Å². The van der Waals surface area contributed by atoms with Crippen molar-refractivity contribution in [1.29, 1.82) is 0 Å². The Labute approximate surface area is 130 Å². The number of thiocarbonyl (C=S) groups is 1. The van der Waals surface area contributed by atoms with Crippen molar-refractivity contribution in [3.8, 4) is 0 Å². The maximum absolute atomic E-state index is 5.63. The fraction of sp³-hybridized carbons (Fsp3) is 0.231. The summed E-state index contributed by atoms with van der Waals surface area (Å²) in [4.78, 5) is 4.72. The van der Waals surface area contributed by atoms with Crippen molar-refractivity contribution in [3.63, 3.8) is 0 Å². The Morgan fingerprint density at radius 2 is 2.37 bits per heavy atom. The number of benzene rings is 1. The first-order chi connectivity index (χ1) is 9.08. The van der Waals surface area contributed by atoms with E-state index in [1.165, 1.54) is 0 Å². The van der Waals surface area contributed by atoms with Crippen LogP contribution in [0.4, 0.5) is 5.69 Å². The molecule has 1 heterocycles. The number of nitrogens with one attached hydrogen (secondary N) is 1. The Morgan fingerprint density at radius 1 is 1.58 bits per heavy atom. The predicted octanol–water partition coefficient (Wildman–Crippen LogP) is 3.76. The minimum Gasteiger partial charge on any atom is -0.389 e. The third-order valence-corrected chi connectivity index (χ3v) is 4.60. The van der Waals surface area contributed by atoms with Crippen LogP contribution in [0, 0.1) is 0 Å². The smallest absolute Gasteiger partial charge is 0.105 e. The molecule has 0 bridgehead atoms. The quantitative estimate of drug-likeness (QED) is 0.801. The molecule has 0 aliphatic carbocycles. The molecule has 0 fully saturated rings. The highest BCUT2D eigenvalue weighted by molar-refractivity contribution is 9.10. The molecule has 2 aromatic rings. The van der Waals surface area contributed by atoms with Crippen LogP contribution in [0.15, 0.2) is 34.2 Å². The molecule has 0 radical (unpaired) electrons. The molecule has 0 aliphatic heterocycles. The van der Waals surface area contributed by atoms with Crippen LogP contribution >= 0.6 is 39.5 Å². The van der Waals surface area contributed by atoms with Gasteiger partial charge in [-0.2, -0.15) is 0 Å². The van der Waals surface area contributed by atoms with Crippen LogP contribution in [0.3, 0.4) is 0 Å². The summed E-state index contributed by atoms with van der Waals surface area (Å²) < 4.78 is 0.909. The molecule has 3 nitrogen and oxygen atoms in total. The molecule has 3 N–H and O–H groups in total. The van der Waals surface area contributed by atoms with Crippen LogP contribution in [0.2, 0.25) is 0 Å². The summed E-state index contributed by atoms with van der Waals surface area (Å²) in [5.74, 6) is 0.383. The van der Waals surface area contributed by atoms with E-state index in [4.69, 9.17) is 18.0 Å². The summed E-state index contributed by atoms with van der Waals surface area (Å²) in [6, 6.07) is 5.89. The van der Waals surface area contributed by atoms with Gasteiger partial charge in [-0.1, -0.05) is 19.1 Å². The fourth-order valence-corrected chi connectivity index (χ4v) is 3.26. The number of halogens is 1. The largest absolute Gasteiger partial charge is 0.389 e. The summed E-state index contributed by atoms with van der Waals surface area (Å²) in [5.41, 5.74) is 7.52. The summed E-state index contributed by atoms with van der Waals surface area (Å²) in [5, 5.41) is 6.54. The third kappa shape index (κ3) is 3.75. The molecule has 0 spiro atoms. The van der Waals surface area contributed by atoms with Crippen molar-refractivity contribution in [3.05, 3.63) is 44.8 Å². The van der Waals surface area contributed by atoms with Gasteiger partial charge in [0.15, 0.2) is 0 Å². The fourth-order valence-electron chi connectivity index (χ4n) is 1.66. The standard InChI is InChI=1S/C13H14BrN3S2/c1-8(13-16-4-5-19-13)7-17-9-2-3-10(12(15)18)11(14)6-9/h2-6,8,17H,7H2,1H3,(H2,15,18). The van der Waals surface area contributed by atoms with Gasteiger partial charge in [-0.15, -0.1) is 11.3 Å². The Balaban J connectivity index is 2.00. The number of aromatic nitrogens is 1. The average Bonchev–Trinajstić information content (AvgIpc) is 2.89. The van der Waals surface area contributed by atoms with E-state index in [2.05, 4.69) is 33.2 Å². The number of rotatable bonds is 5. The Kier molecular flexibility index (Phi) is 4.90. The molecule has 1 aromatic heterocycles. The van der Waals surface area contributed by atoms with Crippen LogP contribution in [0.1, 0.15) is 23.4 Å². The first-order valence-corrected chi connectivity index (χ1v) is 7.88. The van der Waals surface area contributed by atoms with E-state index in [1.54, 1.807) is 11.3 Å². The lowest BCUT2D eigenvalue weighted by Gasteiger charge is -2.12. The molecule has 1 unspecified atom stereocenters. The second-order valence-electron chi connectivity index (χ2n) is 4.21. The van der Waals surface area contributed by atoms with Gasteiger partial charge >= 0.3 is 0 Å². The SMILES string of the molecule is CC(CNc1ccc(C(N)=S)c(Br)c1)c1nccs1. The topological polar surface area (TPSA) is 50.9 Å². The monoisotopic (exact) mass is 355 g/mol. The first kappa shape index (κ1) is 14.4. The summed E-state index contributed by atoms with van der Waals surface area (Å²) >= 11 is 10.1. The predicted molar refractivity (Wildman–Crippen MR) is 89.0 cm³/mol. The molecule has 1 aromatic carbocycles. The van der Waals surface area contributed by atoms with Crippen molar-refractivity contribution in [2.75, 3.05) is 11.9 Å². The zero-order chi connectivity index (χ0) is 13.8. The van der Waals surface area contributed by atoms with Gasteiger partial charge in [0.25, 0.3) is 0 Å². The zero-order valence-corrected chi connectivity index (χ0v) is 13.6. The van der Waals surface area contributed by atoms with E-state index < -0.39 is 0 Å². The van der Waals surface area contributed by atoms with Crippen molar-refractivity contribution < 1.29 is 0 Å². The van der Waals surface area contributed by atoms with Gasteiger partial charge in [-0.05, 0) is 34.1 Å². The molecule has 6 heteroatoms. The lowest BCUT2D eigenvalue weighted by molar-refractivity contribution is 0.795. The number of nitrogens with zero attached hydrogens (tertiary/aromatic N) is 1. The number of thiazole rings is 1. The van der Waals surface area contributed by atoms with Gasteiger partial charge in [0.2, 0.25) is 0 Å². The molecular weight excluding hydrogens is 342 g/mol. The lowest BCUT2D eigenvalue weighted by Crippen LogP contribution is -2.12. The average molecular weight is 356 g/mol. The van der Waals surface area contributed by atoms with Crippen LogP contribution in [-0.4, -0.2) is 16.5 Å². The van der Waals surface area contributed by atoms with E-state index in [9.17, 15) is 0 Å². The molecule has 0 saturated carbocycles. The second kappa shape index (κ2) is 6.45. The van der Waals surface area contributed by atoms with Gasteiger partial charge in [-0.3, -0.25) is 0 Å². The maximum atomic E-state index is 5.63. The van der Waals surface area contributed by atoms with E-state index in [1.807, 2.05) is 29.8 Å². The number of hydrogen-bond acceptors (Lipinski definition) is 4. The second-order valence-corrected chi connectivity index (χ2v) is 6.43. The van der Waals surface area contributed by atoms with E-state index >= 15 is 0 Å². The highest BCUT2D eigenvalue weighted by Gasteiger charge is 2.09. The van der Waals surface area contributed by atoms with Gasteiger partial charge in [0.05, 0.1) is 5.01 Å². The lowest BCUT2D eigenvalue weighted by atomic mass is 10.1. The maximum Gasteiger partial charge on any atom is 0.105 e. The molecule has 100 valence electrons. The minimum absolute atomic E-state index is 0.383. The van der Waals surface area contributed by atoms with E-state index in [0.717, 1.165) is 27.3 Å². The van der Waals surface area contributed by atoms with Crippen LogP contribution in [-0.2, 0) is 0 Å². The molecule has 0 amide bonds. The van der Waals surface area contributed by atoms with E-state index in [0.29, 0.717) is 10.9 Å². The first-order valence-electron chi connectivity index (χ1n) is 5.80. The van der Waals surface area contributed by atoms with E-state index in [-0.39, 0.29) is 0 Å². The normalized spacial score (nSPS) is 12.1. The van der Waals surface area contributed by atoms with Gasteiger partial charge in [-0.25, -0.2) is 4.98 Å². The number of nitrogens with two attached hydrogens (primary N) is 1. The minimum atomic E-state index is 0.383. The van der Waals surface area contributed by atoms with Crippen LogP contribution in [0.25, 0.3) is 0 Å². The molecule has 1 atom stereocenters. The summed E-state index contributed by atoms with van der Waals surface area (Å²) in [7, 11) is 0. The zero-order valence-electron chi connectivity index (χ0n) is 10.4. The molecule has 2 rings (SSSR count). The summed E-state index contributed by atoms with van der Waals surface area (Å²) in [6.07, 6.45) is 1.84. The van der Waals surface area contributed by atoms with Crippen molar-refractivity contribution in [2.24, 2.45) is 5.73 Å². The van der Waals surface area contributed by atoms with Crippen LogP contribution in [0.5, 0.6) is 0 Å². The highest BCUT2D eigenvalue weighted by atomic mass is 79.9. The number of hydrogen-bond donors (Lipinski definition) is 2. The highest BCUT2D eigenvalue weighted by Crippen LogP contribution is 2.23. The molecular formula is C13H14BrN3S2. The van der Waals surface area contributed by atoms with Gasteiger partial charge < -0.3 is 11.1 Å². The molecule has 0 aliphatic rings. The van der Waals surface area contributed by atoms with Gasteiger partial charge in [0, 0.05) is 39.8 Å². The van der Waals surface area contributed by atoms with Crippen molar-refractivity contribution in [1.82, 2.24) is 4.98 Å². The van der Waals surface area contributed by atoms with Gasteiger partial charge in [0.1, 0.15) is 4.99 Å². The Bertz CT molecular complexity index is 569.